The quantitative estimate of drug-likeness (QED) is 0.625. The number of aryl methyl sites for hydroxylation is 1. The third-order valence-electron chi connectivity index (χ3n) is 4.97. The molecule has 1 aliphatic heterocycles. The highest BCUT2D eigenvalue weighted by atomic mass is 35.5. The van der Waals surface area contributed by atoms with Gasteiger partial charge in [0.15, 0.2) is 0 Å². The number of halogens is 4. The van der Waals surface area contributed by atoms with E-state index in [2.05, 4.69) is 20.3 Å². The van der Waals surface area contributed by atoms with Crippen LogP contribution in [0.4, 0.5) is 13.2 Å². The van der Waals surface area contributed by atoms with Crippen molar-refractivity contribution in [1.82, 2.24) is 15.3 Å². The van der Waals surface area contributed by atoms with E-state index in [0.29, 0.717) is 28.2 Å². The van der Waals surface area contributed by atoms with E-state index in [4.69, 9.17) is 11.6 Å². The summed E-state index contributed by atoms with van der Waals surface area (Å²) < 4.78 is 41.8. The molecule has 4 nitrogen and oxygen atoms in total. The lowest BCUT2D eigenvalue weighted by Gasteiger charge is -2.33. The molecule has 0 saturated heterocycles. The average Bonchev–Trinajstić information content (AvgIpc) is 3.04. The number of fused-ring (bicyclic) bond motifs is 1. The molecular formula is C21H16ClF3N4. The first-order valence-corrected chi connectivity index (χ1v) is 9.18. The zero-order valence-corrected chi connectivity index (χ0v) is 16.3. The number of pyridine rings is 2. The molecule has 0 spiro atoms. The lowest BCUT2D eigenvalue weighted by molar-refractivity contribution is 0.145. The average molecular weight is 417 g/mol. The van der Waals surface area contributed by atoms with Gasteiger partial charge in [-0.25, -0.2) is 18.2 Å². The molecule has 3 heterocycles. The van der Waals surface area contributed by atoms with E-state index in [1.165, 1.54) is 25.4 Å². The summed E-state index contributed by atoms with van der Waals surface area (Å²) in [5.41, 5.74) is 0.806. The maximum absolute atomic E-state index is 14.8. The van der Waals surface area contributed by atoms with Crippen LogP contribution in [0.5, 0.6) is 0 Å². The van der Waals surface area contributed by atoms with Gasteiger partial charge in [0.2, 0.25) is 0 Å². The number of alkyl halides is 2. The molecule has 29 heavy (non-hydrogen) atoms. The number of benzene rings is 1. The van der Waals surface area contributed by atoms with Crippen molar-refractivity contribution in [2.45, 2.75) is 18.9 Å². The van der Waals surface area contributed by atoms with Crippen molar-refractivity contribution in [2.24, 2.45) is 4.99 Å². The molecule has 0 fully saturated rings. The minimum absolute atomic E-state index is 0.225. The van der Waals surface area contributed by atoms with Crippen LogP contribution in [0.1, 0.15) is 40.1 Å². The predicted molar refractivity (Wildman–Crippen MR) is 105 cm³/mol. The van der Waals surface area contributed by atoms with Gasteiger partial charge >= 0.3 is 0 Å². The molecule has 3 aromatic rings. The van der Waals surface area contributed by atoms with Gasteiger partial charge in [0.05, 0.1) is 5.56 Å². The SMILES string of the molecule is CN=C1NC(c2ccnc(Cl)c2)(c2cc(C)nc(C(F)F)c2)c2cccc(F)c21. The Hall–Kier alpha value is -2.93. The van der Waals surface area contributed by atoms with E-state index >= 15 is 0 Å². The lowest BCUT2D eigenvalue weighted by Crippen LogP contribution is -2.42. The fraction of sp³-hybridized carbons (Fsp3) is 0.190. The zero-order valence-electron chi connectivity index (χ0n) is 15.5. The van der Waals surface area contributed by atoms with Crippen LogP contribution in [-0.2, 0) is 5.54 Å². The van der Waals surface area contributed by atoms with Gasteiger partial charge in [-0.2, -0.15) is 0 Å². The molecule has 0 amide bonds. The Morgan fingerprint density at radius 3 is 2.62 bits per heavy atom. The highest BCUT2D eigenvalue weighted by Crippen LogP contribution is 2.44. The Kier molecular flexibility index (Phi) is 4.78. The van der Waals surface area contributed by atoms with Crippen molar-refractivity contribution in [3.63, 3.8) is 0 Å². The van der Waals surface area contributed by atoms with Crippen LogP contribution >= 0.6 is 11.6 Å². The van der Waals surface area contributed by atoms with E-state index in [0.717, 1.165) is 0 Å². The summed E-state index contributed by atoms with van der Waals surface area (Å²) in [4.78, 5) is 12.1. The van der Waals surface area contributed by atoms with E-state index < -0.39 is 17.8 Å². The summed E-state index contributed by atoms with van der Waals surface area (Å²) in [6, 6.07) is 11.0. The van der Waals surface area contributed by atoms with E-state index in [1.807, 2.05) is 0 Å². The van der Waals surface area contributed by atoms with E-state index in [1.54, 1.807) is 37.3 Å². The van der Waals surface area contributed by atoms with Crippen LogP contribution in [0, 0.1) is 12.7 Å². The topological polar surface area (TPSA) is 50.2 Å². The molecule has 8 heteroatoms. The minimum Gasteiger partial charge on any atom is -0.352 e. The fourth-order valence-electron chi connectivity index (χ4n) is 3.83. The number of rotatable bonds is 3. The van der Waals surface area contributed by atoms with Crippen molar-refractivity contribution < 1.29 is 13.2 Å². The highest BCUT2D eigenvalue weighted by molar-refractivity contribution is 6.29. The monoisotopic (exact) mass is 416 g/mol. The summed E-state index contributed by atoms with van der Waals surface area (Å²) in [7, 11) is 1.54. The number of hydrogen-bond acceptors (Lipinski definition) is 3. The summed E-state index contributed by atoms with van der Waals surface area (Å²) in [5.74, 6) is -0.142. The molecule has 0 radical (unpaired) electrons. The fourth-order valence-corrected chi connectivity index (χ4v) is 4.01. The van der Waals surface area contributed by atoms with Gasteiger partial charge < -0.3 is 5.32 Å². The maximum atomic E-state index is 14.8. The Balaban J connectivity index is 2.12. The first kappa shape index (κ1) is 19.4. The van der Waals surface area contributed by atoms with Crippen molar-refractivity contribution in [2.75, 3.05) is 7.05 Å². The molecule has 0 aliphatic carbocycles. The second kappa shape index (κ2) is 7.15. The van der Waals surface area contributed by atoms with Gasteiger partial charge in [-0.1, -0.05) is 23.7 Å². The molecule has 148 valence electrons. The highest BCUT2D eigenvalue weighted by Gasteiger charge is 2.46. The minimum atomic E-state index is -2.75. The molecule has 1 aromatic carbocycles. The van der Waals surface area contributed by atoms with Gasteiger partial charge in [0, 0.05) is 24.5 Å². The van der Waals surface area contributed by atoms with Crippen molar-refractivity contribution in [3.05, 3.63) is 93.3 Å². The number of nitrogens with one attached hydrogen (secondary N) is 1. The summed E-state index contributed by atoms with van der Waals surface area (Å²) in [6.07, 6.45) is -1.23. The van der Waals surface area contributed by atoms with Crippen LogP contribution in [0.2, 0.25) is 5.15 Å². The number of nitrogens with zero attached hydrogens (tertiary/aromatic N) is 3. The molecule has 1 aliphatic rings. The predicted octanol–water partition coefficient (Wildman–Crippen LogP) is 4.79. The molecule has 2 aromatic heterocycles. The van der Waals surface area contributed by atoms with Gasteiger partial charge in [-0.3, -0.25) is 9.98 Å². The second-order valence-corrected chi connectivity index (χ2v) is 7.09. The summed E-state index contributed by atoms with van der Waals surface area (Å²) >= 11 is 6.14. The third kappa shape index (κ3) is 3.06. The molecule has 1 unspecified atom stereocenters. The van der Waals surface area contributed by atoms with E-state index in [-0.39, 0.29) is 16.4 Å². The molecule has 0 bridgehead atoms. The van der Waals surface area contributed by atoms with Crippen LogP contribution in [0.15, 0.2) is 53.7 Å². The summed E-state index contributed by atoms with van der Waals surface area (Å²) in [6.45, 7) is 1.64. The Morgan fingerprint density at radius 2 is 1.93 bits per heavy atom. The molecule has 1 N–H and O–H groups in total. The normalized spacial score (nSPS) is 19.5. The van der Waals surface area contributed by atoms with Gasteiger partial charge in [-0.05, 0) is 48.4 Å². The van der Waals surface area contributed by atoms with Crippen molar-refractivity contribution in [1.29, 1.82) is 0 Å². The van der Waals surface area contributed by atoms with Crippen LogP contribution in [0.25, 0.3) is 0 Å². The molecular weight excluding hydrogens is 401 g/mol. The number of aliphatic imine (C=N–C) groups is 1. The number of hydrogen-bond donors (Lipinski definition) is 1. The number of amidine groups is 1. The number of aromatic nitrogens is 2. The Morgan fingerprint density at radius 1 is 1.14 bits per heavy atom. The smallest absolute Gasteiger partial charge is 0.280 e. The first-order chi connectivity index (χ1) is 13.9. The molecule has 0 saturated carbocycles. The van der Waals surface area contributed by atoms with Gasteiger partial charge in [0.1, 0.15) is 28.0 Å². The zero-order chi connectivity index (χ0) is 20.8. The van der Waals surface area contributed by atoms with Gasteiger partial charge in [0.25, 0.3) is 6.43 Å². The van der Waals surface area contributed by atoms with Crippen molar-refractivity contribution >= 4 is 17.4 Å². The maximum Gasteiger partial charge on any atom is 0.280 e. The second-order valence-electron chi connectivity index (χ2n) is 6.70. The van der Waals surface area contributed by atoms with Crippen molar-refractivity contribution in [3.8, 4) is 0 Å². The Labute approximate surface area is 170 Å². The summed E-state index contributed by atoms with van der Waals surface area (Å²) in [5, 5.41) is 3.49. The first-order valence-electron chi connectivity index (χ1n) is 8.80. The van der Waals surface area contributed by atoms with Crippen LogP contribution < -0.4 is 5.32 Å². The van der Waals surface area contributed by atoms with Gasteiger partial charge in [-0.15, -0.1) is 0 Å². The third-order valence-corrected chi connectivity index (χ3v) is 5.18. The van der Waals surface area contributed by atoms with Crippen LogP contribution in [-0.4, -0.2) is 22.9 Å². The van der Waals surface area contributed by atoms with E-state index in [9.17, 15) is 13.2 Å². The molecule has 4 rings (SSSR count). The van der Waals surface area contributed by atoms with Crippen LogP contribution in [0.3, 0.4) is 0 Å². The molecule has 1 atom stereocenters. The lowest BCUT2D eigenvalue weighted by atomic mass is 9.78. The Bertz CT molecular complexity index is 1130. The standard InChI is InChI=1S/C21H16ClF3N4/c1-11-8-13(9-16(28-11)19(24)25)21(12-6-7-27-17(22)10-12)14-4-3-5-15(23)18(14)20(26-2)29-21/h3-10,19H,1-2H3,(H,26,29). The largest absolute Gasteiger partial charge is 0.352 e.